The SMILES string of the molecule is COc1ccc2[nH]c3c(c2c1)CC(NC(=O)c1cc(C)on1)C3. The Bertz CT molecular complexity index is 894. The van der Waals surface area contributed by atoms with E-state index in [4.69, 9.17) is 9.26 Å². The van der Waals surface area contributed by atoms with Gasteiger partial charge in [0, 0.05) is 35.1 Å². The zero-order valence-electron chi connectivity index (χ0n) is 13.0. The molecule has 6 heteroatoms. The second-order valence-corrected chi connectivity index (χ2v) is 5.90. The summed E-state index contributed by atoms with van der Waals surface area (Å²) >= 11 is 0. The number of aryl methyl sites for hydroxylation is 1. The Kier molecular flexibility index (Phi) is 3.11. The van der Waals surface area contributed by atoms with E-state index in [0.717, 1.165) is 29.5 Å². The lowest BCUT2D eigenvalue weighted by atomic mass is 10.1. The highest BCUT2D eigenvalue weighted by Crippen LogP contribution is 2.32. The van der Waals surface area contributed by atoms with Crippen molar-refractivity contribution in [1.82, 2.24) is 15.5 Å². The number of ether oxygens (including phenoxy) is 1. The van der Waals surface area contributed by atoms with Crippen molar-refractivity contribution in [2.75, 3.05) is 7.11 Å². The minimum Gasteiger partial charge on any atom is -0.497 e. The molecule has 4 rings (SSSR count). The van der Waals surface area contributed by atoms with E-state index in [-0.39, 0.29) is 11.9 Å². The summed E-state index contributed by atoms with van der Waals surface area (Å²) < 4.78 is 10.2. The first kappa shape index (κ1) is 13.9. The van der Waals surface area contributed by atoms with Crippen molar-refractivity contribution in [1.29, 1.82) is 0 Å². The van der Waals surface area contributed by atoms with E-state index in [1.807, 2.05) is 18.2 Å². The van der Waals surface area contributed by atoms with Gasteiger partial charge in [-0.15, -0.1) is 0 Å². The molecule has 3 aromatic rings. The molecule has 2 heterocycles. The topological polar surface area (TPSA) is 80.1 Å². The van der Waals surface area contributed by atoms with Gasteiger partial charge in [0.1, 0.15) is 11.5 Å². The molecule has 2 N–H and O–H groups in total. The molecular weight excluding hydrogens is 294 g/mol. The molecule has 0 fully saturated rings. The average Bonchev–Trinajstić information content (AvgIpc) is 3.21. The zero-order chi connectivity index (χ0) is 16.0. The molecule has 118 valence electrons. The molecule has 1 unspecified atom stereocenters. The monoisotopic (exact) mass is 311 g/mol. The van der Waals surface area contributed by atoms with Gasteiger partial charge in [0.15, 0.2) is 5.69 Å². The number of carbonyl (C=O) groups is 1. The highest BCUT2D eigenvalue weighted by molar-refractivity contribution is 5.93. The van der Waals surface area contributed by atoms with Crippen LogP contribution in [0.15, 0.2) is 28.8 Å². The van der Waals surface area contributed by atoms with Crippen molar-refractivity contribution in [3.05, 3.63) is 47.0 Å². The van der Waals surface area contributed by atoms with Crippen molar-refractivity contribution < 1.29 is 14.1 Å². The highest BCUT2D eigenvalue weighted by Gasteiger charge is 2.27. The van der Waals surface area contributed by atoms with Crippen LogP contribution in [0.4, 0.5) is 0 Å². The minimum atomic E-state index is -0.195. The van der Waals surface area contributed by atoms with Crippen LogP contribution in [0.3, 0.4) is 0 Å². The predicted octanol–water partition coefficient (Wildman–Crippen LogP) is 2.37. The van der Waals surface area contributed by atoms with Crippen molar-refractivity contribution in [3.63, 3.8) is 0 Å². The maximum Gasteiger partial charge on any atom is 0.273 e. The summed E-state index contributed by atoms with van der Waals surface area (Å²) in [6.45, 7) is 1.77. The Balaban J connectivity index is 1.54. The zero-order valence-corrected chi connectivity index (χ0v) is 13.0. The van der Waals surface area contributed by atoms with Crippen LogP contribution in [-0.4, -0.2) is 29.2 Å². The third kappa shape index (κ3) is 2.36. The molecule has 0 spiro atoms. The van der Waals surface area contributed by atoms with Crippen LogP contribution in [0.1, 0.15) is 27.5 Å². The Morgan fingerprint density at radius 3 is 3.00 bits per heavy atom. The highest BCUT2D eigenvalue weighted by atomic mass is 16.5. The normalized spacial score (nSPS) is 16.5. The van der Waals surface area contributed by atoms with Crippen LogP contribution < -0.4 is 10.1 Å². The molecule has 0 aliphatic heterocycles. The fourth-order valence-electron chi connectivity index (χ4n) is 3.22. The minimum absolute atomic E-state index is 0.0661. The molecule has 0 bridgehead atoms. The van der Waals surface area contributed by atoms with E-state index in [1.165, 1.54) is 11.3 Å². The van der Waals surface area contributed by atoms with Gasteiger partial charge in [-0.1, -0.05) is 5.16 Å². The fourth-order valence-corrected chi connectivity index (χ4v) is 3.22. The number of methoxy groups -OCH3 is 1. The average molecular weight is 311 g/mol. The summed E-state index contributed by atoms with van der Waals surface area (Å²) in [5.41, 5.74) is 3.85. The second kappa shape index (κ2) is 5.15. The van der Waals surface area contributed by atoms with Gasteiger partial charge in [0.2, 0.25) is 0 Å². The number of rotatable bonds is 3. The van der Waals surface area contributed by atoms with Crippen molar-refractivity contribution >= 4 is 16.8 Å². The van der Waals surface area contributed by atoms with Crippen LogP contribution in [-0.2, 0) is 12.8 Å². The number of benzene rings is 1. The smallest absolute Gasteiger partial charge is 0.273 e. The lowest BCUT2D eigenvalue weighted by Crippen LogP contribution is -2.35. The number of amides is 1. The summed E-state index contributed by atoms with van der Waals surface area (Å²) in [6.07, 6.45) is 1.58. The summed E-state index contributed by atoms with van der Waals surface area (Å²) in [7, 11) is 1.66. The van der Waals surface area contributed by atoms with Crippen LogP contribution in [0, 0.1) is 6.92 Å². The van der Waals surface area contributed by atoms with Crippen LogP contribution in [0.5, 0.6) is 5.75 Å². The van der Waals surface area contributed by atoms with Gasteiger partial charge in [-0.2, -0.15) is 0 Å². The number of H-pyrrole nitrogens is 1. The van der Waals surface area contributed by atoms with E-state index in [9.17, 15) is 4.79 Å². The molecule has 0 saturated heterocycles. The van der Waals surface area contributed by atoms with Crippen LogP contribution in [0.2, 0.25) is 0 Å². The molecular formula is C17H17N3O3. The van der Waals surface area contributed by atoms with Crippen molar-refractivity contribution in [2.24, 2.45) is 0 Å². The maximum absolute atomic E-state index is 12.2. The Morgan fingerprint density at radius 2 is 2.26 bits per heavy atom. The number of nitrogens with one attached hydrogen (secondary N) is 2. The van der Waals surface area contributed by atoms with E-state index in [0.29, 0.717) is 11.5 Å². The van der Waals surface area contributed by atoms with Gasteiger partial charge in [-0.25, -0.2) is 0 Å². The molecule has 2 aromatic heterocycles. The van der Waals surface area contributed by atoms with Crippen molar-refractivity contribution in [3.8, 4) is 5.75 Å². The maximum atomic E-state index is 12.2. The van der Waals surface area contributed by atoms with Gasteiger partial charge in [-0.3, -0.25) is 4.79 Å². The number of aromatic amines is 1. The molecule has 1 aliphatic carbocycles. The Labute approximate surface area is 132 Å². The van der Waals surface area contributed by atoms with Crippen LogP contribution >= 0.6 is 0 Å². The number of hydrogen-bond acceptors (Lipinski definition) is 4. The lowest BCUT2D eigenvalue weighted by Gasteiger charge is -2.11. The Hall–Kier alpha value is -2.76. The van der Waals surface area contributed by atoms with E-state index in [2.05, 4.69) is 15.5 Å². The standard InChI is InChI=1S/C17H17N3O3/c1-9-5-16(20-23-9)17(21)18-10-6-12-13-8-11(22-2)3-4-14(13)19-15(12)7-10/h3-5,8,10,19H,6-7H2,1-2H3,(H,18,21). The number of aromatic nitrogens is 2. The molecule has 1 aliphatic rings. The largest absolute Gasteiger partial charge is 0.497 e. The molecule has 6 nitrogen and oxygen atoms in total. The number of hydrogen-bond donors (Lipinski definition) is 2. The van der Waals surface area contributed by atoms with Gasteiger partial charge in [0.25, 0.3) is 5.91 Å². The van der Waals surface area contributed by atoms with E-state index < -0.39 is 0 Å². The summed E-state index contributed by atoms with van der Waals surface area (Å²) in [5, 5.41) is 7.94. The van der Waals surface area contributed by atoms with E-state index in [1.54, 1.807) is 20.1 Å². The quantitative estimate of drug-likeness (QED) is 0.778. The van der Waals surface area contributed by atoms with Gasteiger partial charge < -0.3 is 19.6 Å². The number of fused-ring (bicyclic) bond motifs is 3. The number of carbonyl (C=O) groups excluding carboxylic acids is 1. The first-order valence-electron chi connectivity index (χ1n) is 7.55. The summed E-state index contributed by atoms with van der Waals surface area (Å²) in [6, 6.07) is 7.72. The predicted molar refractivity (Wildman–Crippen MR) is 84.8 cm³/mol. The first-order chi connectivity index (χ1) is 11.1. The molecule has 0 saturated carbocycles. The summed E-state index contributed by atoms with van der Waals surface area (Å²) in [4.78, 5) is 15.6. The lowest BCUT2D eigenvalue weighted by molar-refractivity contribution is 0.0929. The van der Waals surface area contributed by atoms with Gasteiger partial charge >= 0.3 is 0 Å². The van der Waals surface area contributed by atoms with E-state index >= 15 is 0 Å². The molecule has 1 amide bonds. The van der Waals surface area contributed by atoms with Gasteiger partial charge in [0.05, 0.1) is 7.11 Å². The third-order valence-corrected chi connectivity index (χ3v) is 4.30. The molecule has 1 atom stereocenters. The Morgan fingerprint density at radius 1 is 1.39 bits per heavy atom. The summed E-state index contributed by atoms with van der Waals surface area (Å²) in [5.74, 6) is 1.27. The molecule has 0 radical (unpaired) electrons. The molecule has 1 aromatic carbocycles. The van der Waals surface area contributed by atoms with Crippen molar-refractivity contribution in [2.45, 2.75) is 25.8 Å². The van der Waals surface area contributed by atoms with Gasteiger partial charge in [-0.05, 0) is 37.1 Å². The number of nitrogens with zero attached hydrogens (tertiary/aromatic N) is 1. The molecule has 23 heavy (non-hydrogen) atoms. The fraction of sp³-hybridized carbons (Fsp3) is 0.294. The third-order valence-electron chi connectivity index (χ3n) is 4.30. The second-order valence-electron chi connectivity index (χ2n) is 5.90. The first-order valence-corrected chi connectivity index (χ1v) is 7.55. The van der Waals surface area contributed by atoms with Crippen LogP contribution in [0.25, 0.3) is 10.9 Å².